The van der Waals surface area contributed by atoms with Crippen LogP contribution < -0.4 is 0 Å². The number of fused-ring (bicyclic) bond motifs is 7. The number of carbonyl (C=O) groups excluding carboxylic acids is 1. The highest BCUT2D eigenvalue weighted by atomic mass is 16.8. The molecule has 554 valence electrons. The largest absolute Gasteiger partial charge is 0.394 e. The summed E-state index contributed by atoms with van der Waals surface area (Å²) in [5, 5.41) is 217. The second-order valence-electron chi connectivity index (χ2n) is 29.3. The summed E-state index contributed by atoms with van der Waals surface area (Å²) in [6.07, 6.45) is -48.7. The van der Waals surface area contributed by atoms with Gasteiger partial charge in [-0.25, -0.2) is 0 Å². The van der Waals surface area contributed by atoms with E-state index in [1.165, 1.54) is 0 Å². The number of ketones is 1. The fraction of sp³-hybridized carbons (Fsp3) is 0.984. The monoisotopic (exact) mass is 1390 g/mol. The van der Waals surface area contributed by atoms with Crippen molar-refractivity contribution in [1.29, 1.82) is 0 Å². The first kappa shape index (κ1) is 75.5. The standard InChI is InChI=1S/C62H102O34/c1-21(19-84-54-46(79)42(75)38(71)30(14-63)87-54)7-10-62(83)22(2)36-29(96-62)12-27-25-6-5-23-11-24(8-9-60(23,3)26(25)13-35(69)61(27,36)4)86-56-48(81)44(77)50(34(18-67)91-56)92-59-53(52(41(74)33(17-66)90-59)94-55-45(78)37(70)28(68)20-85-55)95-58-49(82)51(40(73)32(16-65)89-58)93-57-47(80)43(76)39(72)31(15-64)88-57/h21-34,36-59,63-68,70-83H,5-20H2,1-4H3/t21-,22+,23?,24+,25-,26+,27+,28-,29+,30-,31-,32-,33-,34-,36+,37+,38-,39-,40-,41-,42+,43+,44-,45-,46-,47-,48-,49-,50+,51+,52+,53-,54-,55+,56-,57+,58+,59+,60+,61-,62-/m1/s1. The Labute approximate surface area is 552 Å². The SMILES string of the molecule is C[C@H](CC[C@@]1(O)O[C@H]2C[C@H]3[C@@H]4CCC5C[C@@H](O[C@@H]6O[C@H](CO)[C@H](O[C@@H]7O[C@H](CO)[C@@H](O)[C@H](O[C@@H]8OC[C@@H](O)[C@H](O)[C@H]8O)[C@H]7O[C@@H]7O[C@H](CO)[C@@H](O)[C@H](O[C@@H]8O[C@H](CO)[C@@H](O)[C@H](O)[C@H]8O)[C@H]7O)[C@H](O)[C@H]6O)CC[C@]5(C)[C@H]4CC(=O)[C@]3(C)[C@H]2[C@@H]1C)CO[C@@H]1O[C@H](CO)[C@@H](O)[C@H](O)[C@H]1O. The van der Waals surface area contributed by atoms with Crippen molar-refractivity contribution in [2.75, 3.05) is 46.2 Å². The zero-order valence-corrected chi connectivity index (χ0v) is 53.9. The molecule has 11 fully saturated rings. The molecule has 41 atom stereocenters. The van der Waals surface area contributed by atoms with Gasteiger partial charge in [0, 0.05) is 30.1 Å². The van der Waals surface area contributed by atoms with Gasteiger partial charge in [-0.05, 0) is 80.0 Å². The van der Waals surface area contributed by atoms with Crippen molar-refractivity contribution < 1.29 is 169 Å². The number of hydrogen-bond acceptors (Lipinski definition) is 34. The van der Waals surface area contributed by atoms with Gasteiger partial charge in [-0.15, -0.1) is 0 Å². The summed E-state index contributed by atoms with van der Waals surface area (Å²) >= 11 is 0. The molecule has 4 saturated carbocycles. The number of ether oxygens (including phenoxy) is 13. The third-order valence-electron chi connectivity index (χ3n) is 23.8. The quantitative estimate of drug-likeness (QED) is 0.0475. The molecule has 0 amide bonds. The summed E-state index contributed by atoms with van der Waals surface area (Å²) in [5.74, 6) is -2.01. The number of aliphatic hydroxyl groups is 20. The van der Waals surface area contributed by atoms with Crippen LogP contribution in [0.5, 0.6) is 0 Å². The second-order valence-corrected chi connectivity index (χ2v) is 29.3. The molecule has 0 aromatic rings. The highest BCUT2D eigenvalue weighted by Crippen LogP contribution is 2.70. The summed E-state index contributed by atoms with van der Waals surface area (Å²) in [7, 11) is 0. The maximum absolute atomic E-state index is 14.9. The average molecular weight is 1390 g/mol. The minimum absolute atomic E-state index is 0.0113. The van der Waals surface area contributed by atoms with Crippen molar-refractivity contribution in [1.82, 2.24) is 0 Å². The Kier molecular flexibility index (Phi) is 23.8. The molecular formula is C62H102O34. The zero-order valence-electron chi connectivity index (χ0n) is 53.9. The van der Waals surface area contributed by atoms with E-state index >= 15 is 0 Å². The average Bonchev–Trinajstić information content (AvgIpc) is 1.51. The molecular weight excluding hydrogens is 1290 g/mol. The first-order valence-electron chi connectivity index (χ1n) is 33.8. The molecule has 4 aliphatic carbocycles. The molecule has 7 heterocycles. The lowest BCUT2D eigenvalue weighted by atomic mass is 9.44. The molecule has 11 rings (SSSR count). The van der Waals surface area contributed by atoms with Gasteiger partial charge in [-0.1, -0.05) is 27.7 Å². The van der Waals surface area contributed by atoms with E-state index in [0.29, 0.717) is 38.5 Å². The maximum Gasteiger partial charge on any atom is 0.187 e. The molecule has 0 spiro atoms. The van der Waals surface area contributed by atoms with Gasteiger partial charge in [0.25, 0.3) is 0 Å². The number of rotatable bonds is 21. The van der Waals surface area contributed by atoms with Crippen LogP contribution in [-0.4, -0.2) is 350 Å². The molecule has 34 nitrogen and oxygen atoms in total. The molecule has 7 saturated heterocycles. The molecule has 0 radical (unpaired) electrons. The van der Waals surface area contributed by atoms with Crippen LogP contribution in [-0.2, 0) is 66.4 Å². The van der Waals surface area contributed by atoms with E-state index in [-0.39, 0.29) is 65.8 Å². The highest BCUT2D eigenvalue weighted by Gasteiger charge is 2.71. The first-order valence-corrected chi connectivity index (χ1v) is 33.8. The molecule has 0 aromatic carbocycles. The van der Waals surface area contributed by atoms with Crippen LogP contribution >= 0.6 is 0 Å². The Morgan fingerprint density at radius 3 is 1.66 bits per heavy atom. The first-order chi connectivity index (χ1) is 45.5. The Hall–Kier alpha value is -1.65. The van der Waals surface area contributed by atoms with Gasteiger partial charge in [-0.2, -0.15) is 0 Å². The summed E-state index contributed by atoms with van der Waals surface area (Å²) < 4.78 is 77.6. The van der Waals surface area contributed by atoms with E-state index in [2.05, 4.69) is 6.92 Å². The number of hydrogen-bond donors (Lipinski definition) is 20. The van der Waals surface area contributed by atoms with Crippen LogP contribution in [0.4, 0.5) is 0 Å². The van der Waals surface area contributed by atoms with Gasteiger partial charge in [0.15, 0.2) is 43.5 Å². The molecule has 20 N–H and O–H groups in total. The van der Waals surface area contributed by atoms with Gasteiger partial charge < -0.3 is 164 Å². The van der Waals surface area contributed by atoms with Crippen molar-refractivity contribution in [3.63, 3.8) is 0 Å². The predicted molar refractivity (Wildman–Crippen MR) is 311 cm³/mol. The van der Waals surface area contributed by atoms with Crippen LogP contribution in [0.25, 0.3) is 0 Å². The second kappa shape index (κ2) is 30.2. The fourth-order valence-electron chi connectivity index (χ4n) is 18.0. The van der Waals surface area contributed by atoms with Crippen molar-refractivity contribution in [2.45, 2.75) is 282 Å². The van der Waals surface area contributed by atoms with Crippen molar-refractivity contribution in [2.24, 2.45) is 52.3 Å². The van der Waals surface area contributed by atoms with E-state index in [4.69, 9.17) is 61.6 Å². The minimum atomic E-state index is -2.22. The van der Waals surface area contributed by atoms with Crippen LogP contribution in [0.2, 0.25) is 0 Å². The summed E-state index contributed by atoms with van der Waals surface area (Å²) in [6, 6.07) is 0. The summed E-state index contributed by atoms with van der Waals surface area (Å²) in [6.45, 7) is 3.16. The Morgan fingerprint density at radius 2 is 1.02 bits per heavy atom. The minimum Gasteiger partial charge on any atom is -0.394 e. The molecule has 0 aromatic heterocycles. The topological polar surface area (TPSA) is 542 Å². The van der Waals surface area contributed by atoms with E-state index < -0.39 is 241 Å². The molecule has 0 bridgehead atoms. The van der Waals surface area contributed by atoms with Gasteiger partial charge in [0.2, 0.25) is 0 Å². The molecule has 11 aliphatic rings. The fourth-order valence-corrected chi connectivity index (χ4v) is 18.0. The van der Waals surface area contributed by atoms with E-state index in [9.17, 15) is 107 Å². The Balaban J connectivity index is 0.742. The van der Waals surface area contributed by atoms with E-state index in [0.717, 1.165) is 12.8 Å². The molecule has 96 heavy (non-hydrogen) atoms. The third kappa shape index (κ3) is 13.8. The van der Waals surface area contributed by atoms with Gasteiger partial charge in [0.05, 0.1) is 58.5 Å². The van der Waals surface area contributed by atoms with Crippen molar-refractivity contribution in [3.8, 4) is 0 Å². The van der Waals surface area contributed by atoms with E-state index in [1.807, 2.05) is 20.8 Å². The van der Waals surface area contributed by atoms with Gasteiger partial charge in [-0.3, -0.25) is 4.79 Å². The predicted octanol–water partition coefficient (Wildman–Crippen LogP) is -8.49. The Morgan fingerprint density at radius 1 is 0.510 bits per heavy atom. The Bertz CT molecular complexity index is 2550. The molecule has 1 unspecified atom stereocenters. The number of Topliss-reactive ketones (excluding diaryl/α,β-unsaturated/α-hetero) is 1. The highest BCUT2D eigenvalue weighted by molar-refractivity contribution is 5.87. The van der Waals surface area contributed by atoms with E-state index in [1.54, 1.807) is 0 Å². The smallest absolute Gasteiger partial charge is 0.187 e. The third-order valence-corrected chi connectivity index (χ3v) is 23.8. The number of carbonyl (C=O) groups is 1. The van der Waals surface area contributed by atoms with Crippen molar-refractivity contribution >= 4 is 5.78 Å². The molecule has 7 aliphatic heterocycles. The van der Waals surface area contributed by atoms with Crippen LogP contribution in [0.1, 0.15) is 85.5 Å². The number of aliphatic hydroxyl groups excluding tert-OH is 19. The van der Waals surface area contributed by atoms with Gasteiger partial charge in [0.1, 0.15) is 146 Å². The van der Waals surface area contributed by atoms with Gasteiger partial charge >= 0.3 is 0 Å². The zero-order chi connectivity index (χ0) is 69.5. The summed E-state index contributed by atoms with van der Waals surface area (Å²) in [4.78, 5) is 14.9. The maximum atomic E-state index is 14.9. The normalized spacial score (nSPS) is 54.8. The van der Waals surface area contributed by atoms with Crippen LogP contribution in [0.15, 0.2) is 0 Å². The van der Waals surface area contributed by atoms with Crippen LogP contribution in [0.3, 0.4) is 0 Å². The van der Waals surface area contributed by atoms with Crippen molar-refractivity contribution in [3.05, 3.63) is 0 Å². The lowest BCUT2D eigenvalue weighted by molar-refractivity contribution is -0.409. The lowest BCUT2D eigenvalue weighted by Gasteiger charge is -2.60. The molecule has 34 heteroatoms. The summed E-state index contributed by atoms with van der Waals surface area (Å²) in [5.41, 5.74) is -1.08. The lowest BCUT2D eigenvalue weighted by Crippen LogP contribution is -2.69. The van der Waals surface area contributed by atoms with Crippen LogP contribution in [0, 0.1) is 52.3 Å².